The summed E-state index contributed by atoms with van der Waals surface area (Å²) >= 11 is 0. The molecule has 0 spiro atoms. The minimum atomic E-state index is -0.514. The quantitative estimate of drug-likeness (QED) is 0.676. The summed E-state index contributed by atoms with van der Waals surface area (Å²) in [5.41, 5.74) is 2.31. The summed E-state index contributed by atoms with van der Waals surface area (Å²) in [6.45, 7) is 7.15. The van der Waals surface area contributed by atoms with Crippen LogP contribution < -0.4 is 4.90 Å². The maximum Gasteiger partial charge on any atom is 0.410 e. The van der Waals surface area contributed by atoms with Crippen molar-refractivity contribution in [2.75, 3.05) is 18.0 Å². The van der Waals surface area contributed by atoms with E-state index in [0.717, 1.165) is 37.0 Å². The zero-order valence-corrected chi connectivity index (χ0v) is 18.2. The van der Waals surface area contributed by atoms with Crippen LogP contribution in [0.1, 0.15) is 33.6 Å². The lowest BCUT2D eigenvalue weighted by molar-refractivity contribution is 0.0123. The number of anilines is 1. The number of ether oxygens (including phenoxy) is 1. The van der Waals surface area contributed by atoms with E-state index in [0.29, 0.717) is 16.9 Å². The van der Waals surface area contributed by atoms with Gasteiger partial charge in [-0.2, -0.15) is 4.39 Å². The zero-order valence-electron chi connectivity index (χ0n) is 18.2. The summed E-state index contributed by atoms with van der Waals surface area (Å²) in [5, 5.41) is 4.73. The molecule has 164 valence electrons. The van der Waals surface area contributed by atoms with Gasteiger partial charge in [0.25, 0.3) is 0 Å². The van der Waals surface area contributed by atoms with Crippen LogP contribution >= 0.6 is 0 Å². The molecule has 5 rings (SSSR count). The molecular formula is C22H27FN6O2. The van der Waals surface area contributed by atoms with E-state index in [1.54, 1.807) is 19.4 Å². The van der Waals surface area contributed by atoms with Gasteiger partial charge >= 0.3 is 6.09 Å². The number of carbonyl (C=O) groups excluding carboxylic acids is 1. The van der Waals surface area contributed by atoms with Crippen LogP contribution in [0.4, 0.5) is 14.9 Å². The Hall–Kier alpha value is -3.10. The van der Waals surface area contributed by atoms with Gasteiger partial charge in [-0.15, -0.1) is 5.10 Å². The van der Waals surface area contributed by atoms with Crippen molar-refractivity contribution in [2.45, 2.75) is 51.3 Å². The second kappa shape index (κ2) is 6.96. The molecule has 2 aliphatic heterocycles. The monoisotopic (exact) mass is 426 g/mol. The first-order valence-electron chi connectivity index (χ1n) is 10.6. The molecule has 2 bridgehead atoms. The second-order valence-corrected chi connectivity index (χ2v) is 9.46. The van der Waals surface area contributed by atoms with E-state index in [1.165, 1.54) is 4.68 Å². The van der Waals surface area contributed by atoms with E-state index in [-0.39, 0.29) is 18.2 Å². The Morgan fingerprint density at radius 2 is 1.97 bits per heavy atom. The molecule has 2 unspecified atom stereocenters. The highest BCUT2D eigenvalue weighted by Gasteiger charge is 2.44. The summed E-state index contributed by atoms with van der Waals surface area (Å²) < 4.78 is 21.3. The fraction of sp³-hybridized carbons (Fsp3) is 0.500. The molecule has 1 amide bonds. The van der Waals surface area contributed by atoms with E-state index in [9.17, 15) is 9.18 Å². The highest BCUT2D eigenvalue weighted by atomic mass is 19.1. The van der Waals surface area contributed by atoms with Crippen molar-refractivity contribution in [1.82, 2.24) is 24.6 Å². The average molecular weight is 426 g/mol. The maximum absolute atomic E-state index is 14.2. The number of hydrogen-bond acceptors (Lipinski definition) is 5. The molecule has 2 fully saturated rings. The molecule has 31 heavy (non-hydrogen) atoms. The Bertz CT molecular complexity index is 1130. The topological polar surface area (TPSA) is 79.3 Å². The molecular weight excluding hydrogens is 399 g/mol. The minimum Gasteiger partial charge on any atom is -0.444 e. The fourth-order valence-electron chi connectivity index (χ4n) is 4.79. The summed E-state index contributed by atoms with van der Waals surface area (Å²) in [6, 6.07) is 4.15. The number of aryl methyl sites for hydroxylation is 1. The predicted octanol–water partition coefficient (Wildman–Crippen LogP) is 3.69. The number of halogens is 1. The Morgan fingerprint density at radius 3 is 2.58 bits per heavy atom. The second-order valence-electron chi connectivity index (χ2n) is 9.46. The number of pyridine rings is 1. The molecule has 2 atom stereocenters. The number of rotatable bonds is 2. The molecule has 2 aliphatic rings. The molecule has 5 heterocycles. The fourth-order valence-corrected chi connectivity index (χ4v) is 4.79. The van der Waals surface area contributed by atoms with Crippen LogP contribution in [0.15, 0.2) is 24.5 Å². The number of fused-ring (bicyclic) bond motifs is 3. The first kappa shape index (κ1) is 19.8. The van der Waals surface area contributed by atoms with Gasteiger partial charge in [-0.25, -0.2) is 9.78 Å². The van der Waals surface area contributed by atoms with Gasteiger partial charge in [0, 0.05) is 43.6 Å². The third-order valence-corrected chi connectivity index (χ3v) is 6.01. The van der Waals surface area contributed by atoms with Gasteiger partial charge in [-0.3, -0.25) is 9.58 Å². The minimum absolute atomic E-state index is 0.117. The highest BCUT2D eigenvalue weighted by Crippen LogP contribution is 2.37. The van der Waals surface area contributed by atoms with Crippen molar-refractivity contribution in [2.24, 2.45) is 7.05 Å². The van der Waals surface area contributed by atoms with Crippen molar-refractivity contribution in [1.29, 1.82) is 0 Å². The number of H-pyrrole nitrogens is 1. The van der Waals surface area contributed by atoms with Gasteiger partial charge < -0.3 is 14.6 Å². The summed E-state index contributed by atoms with van der Waals surface area (Å²) in [4.78, 5) is 24.6. The van der Waals surface area contributed by atoms with Crippen LogP contribution in [0.5, 0.6) is 0 Å². The lowest BCUT2D eigenvalue weighted by Crippen LogP contribution is -2.56. The normalized spacial score (nSPS) is 21.2. The molecule has 0 radical (unpaired) electrons. The third-order valence-electron chi connectivity index (χ3n) is 6.01. The Morgan fingerprint density at radius 1 is 1.26 bits per heavy atom. The van der Waals surface area contributed by atoms with Gasteiger partial charge in [0.1, 0.15) is 11.2 Å². The number of nitrogens with zero attached hydrogens (tertiary/aromatic N) is 5. The zero-order chi connectivity index (χ0) is 21.9. The van der Waals surface area contributed by atoms with Crippen LogP contribution in [-0.4, -0.2) is 61.5 Å². The molecule has 0 saturated carbocycles. The molecule has 2 saturated heterocycles. The lowest BCUT2D eigenvalue weighted by Gasteiger charge is -2.42. The molecule has 9 heteroatoms. The van der Waals surface area contributed by atoms with Gasteiger partial charge in [-0.05, 0) is 45.7 Å². The largest absolute Gasteiger partial charge is 0.444 e. The van der Waals surface area contributed by atoms with Gasteiger partial charge in [0.15, 0.2) is 0 Å². The predicted molar refractivity (Wildman–Crippen MR) is 115 cm³/mol. The van der Waals surface area contributed by atoms with Crippen LogP contribution in [0.3, 0.4) is 0 Å². The van der Waals surface area contributed by atoms with Crippen molar-refractivity contribution in [3.05, 3.63) is 30.5 Å². The molecule has 8 nitrogen and oxygen atoms in total. The van der Waals surface area contributed by atoms with Crippen LogP contribution in [-0.2, 0) is 11.8 Å². The van der Waals surface area contributed by atoms with E-state index >= 15 is 0 Å². The number of carbonyl (C=O) groups is 1. The summed E-state index contributed by atoms with van der Waals surface area (Å²) in [6.07, 6.45) is 5.12. The summed E-state index contributed by atoms with van der Waals surface area (Å²) in [7, 11) is 1.69. The average Bonchev–Trinajstić information content (AvgIpc) is 3.33. The first-order valence-corrected chi connectivity index (χ1v) is 10.6. The number of aromatic amines is 1. The van der Waals surface area contributed by atoms with E-state index in [1.807, 2.05) is 37.8 Å². The summed E-state index contributed by atoms with van der Waals surface area (Å²) in [5.74, 6) is -0.514. The van der Waals surface area contributed by atoms with Crippen LogP contribution in [0, 0.1) is 5.95 Å². The maximum atomic E-state index is 14.2. The van der Waals surface area contributed by atoms with E-state index in [4.69, 9.17) is 4.74 Å². The van der Waals surface area contributed by atoms with Gasteiger partial charge in [0.05, 0.1) is 23.3 Å². The van der Waals surface area contributed by atoms with Crippen molar-refractivity contribution in [3.8, 4) is 11.3 Å². The van der Waals surface area contributed by atoms with E-state index in [2.05, 4.69) is 20.0 Å². The molecule has 1 N–H and O–H groups in total. The molecule has 0 aliphatic carbocycles. The van der Waals surface area contributed by atoms with Crippen molar-refractivity contribution >= 4 is 22.8 Å². The third kappa shape index (κ3) is 3.51. The van der Waals surface area contributed by atoms with Gasteiger partial charge in [-0.1, -0.05) is 0 Å². The lowest BCUT2D eigenvalue weighted by atomic mass is 10.1. The molecule has 3 aromatic heterocycles. The Labute approximate surface area is 180 Å². The standard InChI is InChI=1S/C22H27FN6O2/c1-22(2,3)31-21(30)29-13-5-6-14(29)11-28(10-13)18-7-8-24-20-15(18)9-17(25-20)16-12-27(4)26-19(16)23/h7-9,12-14H,5-6,10-11H2,1-4H3,(H,24,25). The number of hydrogen-bond donors (Lipinski definition) is 1. The smallest absolute Gasteiger partial charge is 0.410 e. The Kier molecular flexibility index (Phi) is 4.46. The van der Waals surface area contributed by atoms with Crippen molar-refractivity contribution < 1.29 is 13.9 Å². The molecule has 0 aromatic carbocycles. The number of piperazine rings is 1. The van der Waals surface area contributed by atoms with Crippen LogP contribution in [0.2, 0.25) is 0 Å². The van der Waals surface area contributed by atoms with Gasteiger partial charge in [0.2, 0.25) is 5.95 Å². The van der Waals surface area contributed by atoms with E-state index < -0.39 is 11.5 Å². The number of nitrogens with one attached hydrogen (secondary N) is 1. The number of amides is 1. The molecule has 3 aromatic rings. The SMILES string of the molecule is Cn1cc(-c2cc3c(N4CC5CCC(C4)N5C(=O)OC(C)(C)C)ccnc3[nH]2)c(F)n1. The van der Waals surface area contributed by atoms with Crippen molar-refractivity contribution in [3.63, 3.8) is 0 Å². The number of aromatic nitrogens is 4. The first-order chi connectivity index (χ1) is 14.7. The van der Waals surface area contributed by atoms with Crippen LogP contribution in [0.25, 0.3) is 22.3 Å². The highest BCUT2D eigenvalue weighted by molar-refractivity contribution is 5.94. The Balaban J connectivity index is 1.44.